The number of nitrogens with one attached hydrogen (secondary N) is 1. The summed E-state index contributed by atoms with van der Waals surface area (Å²) in [6.45, 7) is 0. The third kappa shape index (κ3) is 7.82. The number of hydrogen-bond acceptors (Lipinski definition) is 4. The Labute approximate surface area is 92.8 Å². The molecular formula is C9H14N2O3S. The maximum atomic E-state index is 10.6. The lowest BCUT2D eigenvalue weighted by Crippen LogP contribution is -2.37. The van der Waals surface area contributed by atoms with Gasteiger partial charge < -0.3 is 10.4 Å². The van der Waals surface area contributed by atoms with Crippen LogP contribution in [0.25, 0.3) is 0 Å². The Morgan fingerprint density at radius 2 is 2.33 bits per heavy atom. The SMILES string of the molecule is N#CCCCCSCC(NC=O)C(=O)O. The number of rotatable bonds is 9. The van der Waals surface area contributed by atoms with Gasteiger partial charge in [-0.3, -0.25) is 4.79 Å². The highest BCUT2D eigenvalue weighted by Crippen LogP contribution is 2.07. The van der Waals surface area contributed by atoms with Gasteiger partial charge >= 0.3 is 5.97 Å². The van der Waals surface area contributed by atoms with Gasteiger partial charge in [0.05, 0.1) is 6.07 Å². The van der Waals surface area contributed by atoms with Gasteiger partial charge in [0.25, 0.3) is 0 Å². The number of hydrogen-bond donors (Lipinski definition) is 2. The summed E-state index contributed by atoms with van der Waals surface area (Å²) in [6, 6.07) is 1.23. The molecule has 0 aliphatic carbocycles. The van der Waals surface area contributed by atoms with Gasteiger partial charge in [0.15, 0.2) is 0 Å². The van der Waals surface area contributed by atoms with E-state index < -0.39 is 12.0 Å². The first-order valence-corrected chi connectivity index (χ1v) is 5.75. The second-order valence-corrected chi connectivity index (χ2v) is 4.02. The van der Waals surface area contributed by atoms with Crippen LogP contribution in [0.5, 0.6) is 0 Å². The number of carbonyl (C=O) groups excluding carboxylic acids is 1. The summed E-state index contributed by atoms with van der Waals surface area (Å²) in [5, 5.41) is 19.2. The molecule has 0 saturated carbocycles. The van der Waals surface area contributed by atoms with E-state index in [2.05, 4.69) is 5.32 Å². The van der Waals surface area contributed by atoms with E-state index in [1.807, 2.05) is 6.07 Å². The number of amides is 1. The molecule has 84 valence electrons. The molecule has 0 heterocycles. The van der Waals surface area contributed by atoms with Gasteiger partial charge in [-0.2, -0.15) is 17.0 Å². The molecule has 15 heavy (non-hydrogen) atoms. The van der Waals surface area contributed by atoms with Gasteiger partial charge in [-0.1, -0.05) is 0 Å². The topological polar surface area (TPSA) is 90.2 Å². The van der Waals surface area contributed by atoms with E-state index >= 15 is 0 Å². The number of nitriles is 1. The number of carboxylic acids is 1. The van der Waals surface area contributed by atoms with E-state index in [0.29, 0.717) is 18.6 Å². The smallest absolute Gasteiger partial charge is 0.327 e. The summed E-state index contributed by atoms with van der Waals surface area (Å²) in [7, 11) is 0. The van der Waals surface area contributed by atoms with Crippen molar-refractivity contribution in [1.82, 2.24) is 5.32 Å². The first-order chi connectivity index (χ1) is 7.22. The third-order valence-corrected chi connectivity index (χ3v) is 2.83. The Hall–Kier alpha value is -1.22. The number of carbonyl (C=O) groups is 2. The van der Waals surface area contributed by atoms with Gasteiger partial charge in [0.1, 0.15) is 6.04 Å². The van der Waals surface area contributed by atoms with Crippen molar-refractivity contribution in [3.05, 3.63) is 0 Å². The normalized spacial score (nSPS) is 11.4. The molecule has 1 amide bonds. The first kappa shape index (κ1) is 13.8. The van der Waals surface area contributed by atoms with E-state index in [1.54, 1.807) is 0 Å². The summed E-state index contributed by atoms with van der Waals surface area (Å²) in [6.07, 6.45) is 2.67. The van der Waals surface area contributed by atoms with Crippen LogP contribution in [-0.2, 0) is 9.59 Å². The second-order valence-electron chi connectivity index (χ2n) is 2.87. The fourth-order valence-corrected chi connectivity index (χ4v) is 1.93. The molecule has 2 N–H and O–H groups in total. The molecule has 0 spiro atoms. The highest BCUT2D eigenvalue weighted by atomic mass is 32.2. The fourth-order valence-electron chi connectivity index (χ4n) is 0.882. The van der Waals surface area contributed by atoms with Crippen LogP contribution in [0.3, 0.4) is 0 Å². The lowest BCUT2D eigenvalue weighted by atomic mass is 10.3. The number of nitrogens with zero attached hydrogens (tertiary/aromatic N) is 1. The minimum Gasteiger partial charge on any atom is -0.480 e. The molecule has 0 aliphatic rings. The summed E-state index contributed by atoms with van der Waals surface area (Å²) >= 11 is 1.47. The molecule has 5 nitrogen and oxygen atoms in total. The second kappa shape index (κ2) is 9.34. The van der Waals surface area contributed by atoms with Crippen molar-refractivity contribution in [3.8, 4) is 6.07 Å². The molecule has 0 saturated heterocycles. The number of carboxylic acid groups (broad SMARTS) is 1. The Morgan fingerprint density at radius 1 is 1.60 bits per heavy atom. The van der Waals surface area contributed by atoms with E-state index in [0.717, 1.165) is 18.6 Å². The zero-order valence-corrected chi connectivity index (χ0v) is 9.13. The molecule has 0 fully saturated rings. The van der Waals surface area contributed by atoms with E-state index in [4.69, 9.17) is 10.4 Å². The van der Waals surface area contributed by atoms with Crippen molar-refractivity contribution < 1.29 is 14.7 Å². The van der Waals surface area contributed by atoms with Crippen LogP contribution in [0.4, 0.5) is 0 Å². The molecule has 0 aromatic heterocycles. The lowest BCUT2D eigenvalue weighted by molar-refractivity contribution is -0.139. The van der Waals surface area contributed by atoms with Gasteiger partial charge in [0, 0.05) is 12.2 Å². The average molecular weight is 230 g/mol. The molecular weight excluding hydrogens is 216 g/mol. The average Bonchev–Trinajstić information content (AvgIpc) is 2.21. The van der Waals surface area contributed by atoms with Crippen LogP contribution in [0.15, 0.2) is 0 Å². The minimum atomic E-state index is -1.02. The largest absolute Gasteiger partial charge is 0.480 e. The predicted molar refractivity (Wildman–Crippen MR) is 57.4 cm³/mol. The van der Waals surface area contributed by atoms with Crippen LogP contribution < -0.4 is 5.32 Å². The van der Waals surface area contributed by atoms with Crippen LogP contribution in [0.1, 0.15) is 19.3 Å². The summed E-state index contributed by atoms with van der Waals surface area (Å²) < 4.78 is 0. The van der Waals surface area contributed by atoms with Gasteiger partial charge in [-0.05, 0) is 18.6 Å². The van der Waals surface area contributed by atoms with E-state index in [-0.39, 0.29) is 0 Å². The van der Waals surface area contributed by atoms with Crippen molar-refractivity contribution >= 4 is 24.1 Å². The molecule has 0 radical (unpaired) electrons. The molecule has 0 aliphatic heterocycles. The van der Waals surface area contributed by atoms with E-state index in [9.17, 15) is 9.59 Å². The lowest BCUT2D eigenvalue weighted by Gasteiger charge is -2.09. The zero-order chi connectivity index (χ0) is 11.5. The van der Waals surface area contributed by atoms with E-state index in [1.165, 1.54) is 11.8 Å². The standard InChI is InChI=1S/C9H14N2O3S/c10-4-2-1-3-5-15-6-8(9(13)14)11-7-12/h7-8H,1-3,5-6H2,(H,11,12)(H,13,14). The quantitative estimate of drug-likeness (QED) is 0.447. The maximum Gasteiger partial charge on any atom is 0.327 e. The number of unbranched alkanes of at least 4 members (excludes halogenated alkanes) is 2. The Balaban J connectivity index is 3.50. The van der Waals surface area contributed by atoms with Crippen molar-refractivity contribution in [1.29, 1.82) is 5.26 Å². The van der Waals surface area contributed by atoms with Gasteiger partial charge in [0.2, 0.25) is 6.41 Å². The summed E-state index contributed by atoms with van der Waals surface area (Å²) in [5.41, 5.74) is 0. The van der Waals surface area contributed by atoms with Crippen molar-refractivity contribution in [2.24, 2.45) is 0 Å². The minimum absolute atomic E-state index is 0.362. The molecule has 0 rings (SSSR count). The van der Waals surface area contributed by atoms with Crippen molar-refractivity contribution in [2.45, 2.75) is 25.3 Å². The highest BCUT2D eigenvalue weighted by Gasteiger charge is 2.15. The number of thioether (sulfide) groups is 1. The summed E-state index contributed by atoms with van der Waals surface area (Å²) in [4.78, 5) is 20.7. The third-order valence-electron chi connectivity index (χ3n) is 1.68. The first-order valence-electron chi connectivity index (χ1n) is 4.59. The highest BCUT2D eigenvalue weighted by molar-refractivity contribution is 7.99. The zero-order valence-electron chi connectivity index (χ0n) is 8.31. The van der Waals surface area contributed by atoms with Crippen molar-refractivity contribution in [2.75, 3.05) is 11.5 Å². The van der Waals surface area contributed by atoms with Gasteiger partial charge in [-0.15, -0.1) is 0 Å². The van der Waals surface area contributed by atoms with Crippen molar-refractivity contribution in [3.63, 3.8) is 0 Å². The molecule has 0 bridgehead atoms. The summed E-state index contributed by atoms with van der Waals surface area (Å²) in [5.74, 6) is 0.152. The molecule has 1 unspecified atom stereocenters. The van der Waals surface area contributed by atoms with Crippen LogP contribution in [0, 0.1) is 11.3 Å². The monoisotopic (exact) mass is 230 g/mol. The Morgan fingerprint density at radius 3 is 2.87 bits per heavy atom. The maximum absolute atomic E-state index is 10.6. The fraction of sp³-hybridized carbons (Fsp3) is 0.667. The van der Waals surface area contributed by atoms with Gasteiger partial charge in [-0.25, -0.2) is 4.79 Å². The molecule has 1 atom stereocenters. The molecule has 0 aromatic rings. The predicted octanol–water partition coefficient (Wildman–Crippen LogP) is 0.613. The van der Waals surface area contributed by atoms with Crippen LogP contribution in [-0.4, -0.2) is 35.0 Å². The number of aliphatic carboxylic acids is 1. The Bertz CT molecular complexity index is 240. The van der Waals surface area contributed by atoms with Crippen LogP contribution in [0.2, 0.25) is 0 Å². The molecule has 6 heteroatoms. The molecule has 0 aromatic carbocycles. The Kier molecular flexibility index (Phi) is 8.58. The van der Waals surface area contributed by atoms with Crippen LogP contribution >= 0.6 is 11.8 Å².